The van der Waals surface area contributed by atoms with Crippen molar-refractivity contribution >= 4 is 43.8 Å². The molecule has 2 aromatic heterocycles. The number of sulfonamides is 1. The molecule has 1 aliphatic rings. The Bertz CT molecular complexity index is 1580. The largest absolute Gasteiger partial charge is 0.384 e. The van der Waals surface area contributed by atoms with E-state index in [-0.39, 0.29) is 6.04 Å². The number of nitrogens with zero attached hydrogens (tertiary/aromatic N) is 5. The summed E-state index contributed by atoms with van der Waals surface area (Å²) in [5.74, 6) is 0.985. The van der Waals surface area contributed by atoms with Crippen molar-refractivity contribution in [3.8, 4) is 22.6 Å². The van der Waals surface area contributed by atoms with E-state index in [0.29, 0.717) is 54.0 Å². The summed E-state index contributed by atoms with van der Waals surface area (Å²) in [5, 5.41) is 2.71. The van der Waals surface area contributed by atoms with E-state index in [1.807, 2.05) is 17.5 Å². The average molecular weight is 579 g/mol. The summed E-state index contributed by atoms with van der Waals surface area (Å²) in [5.41, 5.74) is 22.3. The van der Waals surface area contributed by atoms with Gasteiger partial charge in [0.05, 0.1) is 4.90 Å². The van der Waals surface area contributed by atoms with Gasteiger partial charge in [-0.25, -0.2) is 23.4 Å². The van der Waals surface area contributed by atoms with E-state index in [0.717, 1.165) is 40.5 Å². The normalized spacial score (nSPS) is 14.9. The smallest absolute Gasteiger partial charge is 0.243 e. The van der Waals surface area contributed by atoms with Gasteiger partial charge in [0.1, 0.15) is 17.3 Å². The predicted molar refractivity (Wildman–Crippen MR) is 162 cm³/mol. The van der Waals surface area contributed by atoms with Gasteiger partial charge in [0.25, 0.3) is 0 Å². The Balaban J connectivity index is 1.43. The van der Waals surface area contributed by atoms with Crippen molar-refractivity contribution < 1.29 is 8.42 Å². The summed E-state index contributed by atoms with van der Waals surface area (Å²) in [6, 6.07) is 14.9. The van der Waals surface area contributed by atoms with Crippen LogP contribution in [0.2, 0.25) is 0 Å². The third kappa shape index (κ3) is 5.80. The van der Waals surface area contributed by atoms with Gasteiger partial charge in [-0.15, -0.1) is 11.3 Å². The van der Waals surface area contributed by atoms with Gasteiger partial charge in [0.2, 0.25) is 10.0 Å². The first-order valence-electron chi connectivity index (χ1n) is 13.3. The van der Waals surface area contributed by atoms with E-state index >= 15 is 0 Å². The van der Waals surface area contributed by atoms with Gasteiger partial charge in [0, 0.05) is 42.8 Å². The molecule has 0 saturated carbocycles. The molecule has 6 N–H and O–H groups in total. The molecule has 0 atom stereocenters. The third-order valence-corrected chi connectivity index (χ3v) is 9.77. The molecule has 0 radical (unpaired) electrons. The molecule has 0 unspecified atom stereocenters. The summed E-state index contributed by atoms with van der Waals surface area (Å²) in [6.45, 7) is 5.86. The number of piperidine rings is 1. The summed E-state index contributed by atoms with van der Waals surface area (Å²) in [4.78, 5) is 15.9. The quantitative estimate of drug-likeness (QED) is 0.276. The van der Waals surface area contributed by atoms with Gasteiger partial charge in [-0.1, -0.05) is 31.2 Å². The van der Waals surface area contributed by atoms with E-state index < -0.39 is 10.0 Å². The lowest BCUT2D eigenvalue weighted by Crippen LogP contribution is -2.42. The molecule has 2 aromatic carbocycles. The molecular weight excluding hydrogens is 544 g/mol. The number of hydrogen-bond donors (Lipinski definition) is 3. The van der Waals surface area contributed by atoms with Crippen LogP contribution in [0.3, 0.4) is 0 Å². The Morgan fingerprint density at radius 1 is 0.975 bits per heavy atom. The number of benzene rings is 2. The lowest BCUT2D eigenvalue weighted by Gasteiger charge is -2.29. The minimum atomic E-state index is -3.55. The second-order valence-corrected chi connectivity index (χ2v) is 12.7. The Labute approximate surface area is 238 Å². The molecular formula is C28H34N8O2S2. The number of anilines is 4. The molecule has 12 heteroatoms. The average Bonchev–Trinajstić information content (AvgIpc) is 3.42. The number of nitrogen functional groups attached to an aromatic ring is 2. The lowest BCUT2D eigenvalue weighted by molar-refractivity contribution is 0.320. The molecule has 4 aromatic rings. The number of hydrogen-bond acceptors (Lipinski definition) is 10. The molecule has 0 bridgehead atoms. The molecule has 0 aliphatic carbocycles. The molecule has 3 heterocycles. The summed E-state index contributed by atoms with van der Waals surface area (Å²) in [7, 11) is -3.55. The maximum atomic E-state index is 13.2. The van der Waals surface area contributed by atoms with Crippen LogP contribution in [0.25, 0.3) is 22.6 Å². The van der Waals surface area contributed by atoms with Crippen LogP contribution < -0.4 is 22.1 Å². The highest BCUT2D eigenvalue weighted by Gasteiger charge is 2.28. The van der Waals surface area contributed by atoms with Crippen LogP contribution in [0.15, 0.2) is 58.8 Å². The van der Waals surface area contributed by atoms with Crippen molar-refractivity contribution in [2.24, 2.45) is 5.73 Å². The van der Waals surface area contributed by atoms with Gasteiger partial charge >= 0.3 is 0 Å². The molecule has 5 rings (SSSR count). The van der Waals surface area contributed by atoms with Gasteiger partial charge in [-0.2, -0.15) is 4.31 Å². The van der Waals surface area contributed by atoms with E-state index in [9.17, 15) is 8.42 Å². The van der Waals surface area contributed by atoms with Crippen LogP contribution in [0, 0.1) is 6.92 Å². The van der Waals surface area contributed by atoms with Crippen LogP contribution in [-0.2, 0) is 10.0 Å². The number of aryl methyl sites for hydroxylation is 1. The van der Waals surface area contributed by atoms with Crippen LogP contribution in [0.5, 0.6) is 0 Å². The Morgan fingerprint density at radius 2 is 1.62 bits per heavy atom. The van der Waals surface area contributed by atoms with Crippen molar-refractivity contribution in [2.75, 3.05) is 36.0 Å². The summed E-state index contributed by atoms with van der Waals surface area (Å²) >= 11 is 1.50. The first kappa shape index (κ1) is 28.0. The van der Waals surface area contributed by atoms with Crippen molar-refractivity contribution in [3.05, 3.63) is 59.5 Å². The second kappa shape index (κ2) is 11.5. The first-order chi connectivity index (χ1) is 19.2. The van der Waals surface area contributed by atoms with Crippen molar-refractivity contribution in [1.29, 1.82) is 0 Å². The van der Waals surface area contributed by atoms with E-state index in [4.69, 9.17) is 22.2 Å². The SMILES string of the molecule is CCCN(c1nc(-c2nc(N)cc(N)n2)cs1)c1cc(-c2ccc(S(=O)(=O)N3CCC(N)CC3)cc2)ccc1C. The summed E-state index contributed by atoms with van der Waals surface area (Å²) in [6.07, 6.45) is 2.27. The lowest BCUT2D eigenvalue weighted by atomic mass is 10.0. The number of rotatable bonds is 8. The van der Waals surface area contributed by atoms with Gasteiger partial charge in [-0.05, 0) is 61.1 Å². The second-order valence-electron chi connectivity index (χ2n) is 9.98. The third-order valence-electron chi connectivity index (χ3n) is 6.99. The van der Waals surface area contributed by atoms with Crippen LogP contribution >= 0.6 is 11.3 Å². The number of nitrogens with two attached hydrogens (primary N) is 3. The molecule has 0 spiro atoms. The molecule has 210 valence electrons. The monoisotopic (exact) mass is 578 g/mol. The molecule has 10 nitrogen and oxygen atoms in total. The van der Waals surface area contributed by atoms with Crippen molar-refractivity contribution in [2.45, 2.75) is 44.0 Å². The van der Waals surface area contributed by atoms with E-state index in [2.05, 4.69) is 46.9 Å². The fourth-order valence-electron chi connectivity index (χ4n) is 4.80. The van der Waals surface area contributed by atoms with Crippen LogP contribution in [0.1, 0.15) is 31.7 Å². The fourth-order valence-corrected chi connectivity index (χ4v) is 7.11. The Hall–Kier alpha value is -3.58. The molecule has 0 amide bonds. The standard InChI is InChI=1S/C28H34N8O2S2/c1-3-12-36(28-32-23(17-39-28)27-33-25(30)16-26(31)34-27)24-15-20(5-4-18(24)2)19-6-8-22(9-7-19)40(37,38)35-13-10-21(29)11-14-35/h4-9,15-17,21H,3,10-14,29H2,1-2H3,(H4,30,31,33,34). The highest BCUT2D eigenvalue weighted by atomic mass is 32.2. The highest BCUT2D eigenvalue weighted by Crippen LogP contribution is 2.36. The Kier molecular flexibility index (Phi) is 8.04. The zero-order chi connectivity index (χ0) is 28.4. The van der Waals surface area contributed by atoms with Gasteiger partial charge < -0.3 is 22.1 Å². The predicted octanol–water partition coefficient (Wildman–Crippen LogP) is 4.40. The molecule has 1 fully saturated rings. The Morgan fingerprint density at radius 3 is 2.27 bits per heavy atom. The van der Waals surface area contributed by atoms with Crippen molar-refractivity contribution in [3.63, 3.8) is 0 Å². The maximum Gasteiger partial charge on any atom is 0.243 e. The van der Waals surface area contributed by atoms with Crippen LogP contribution in [-0.4, -0.2) is 53.4 Å². The zero-order valence-corrected chi connectivity index (χ0v) is 24.3. The van der Waals surface area contributed by atoms with Gasteiger partial charge in [0.15, 0.2) is 11.0 Å². The minimum Gasteiger partial charge on any atom is -0.384 e. The number of thiazole rings is 1. The van der Waals surface area contributed by atoms with Crippen LogP contribution in [0.4, 0.5) is 22.5 Å². The van der Waals surface area contributed by atoms with E-state index in [1.54, 1.807) is 12.1 Å². The maximum absolute atomic E-state index is 13.2. The fraction of sp³-hybridized carbons (Fsp3) is 0.321. The van der Waals surface area contributed by atoms with Crippen molar-refractivity contribution in [1.82, 2.24) is 19.3 Å². The minimum absolute atomic E-state index is 0.0667. The highest BCUT2D eigenvalue weighted by molar-refractivity contribution is 7.89. The first-order valence-corrected chi connectivity index (χ1v) is 15.6. The molecule has 1 aliphatic heterocycles. The summed E-state index contributed by atoms with van der Waals surface area (Å²) < 4.78 is 27.8. The van der Waals surface area contributed by atoms with E-state index in [1.165, 1.54) is 21.7 Å². The molecule has 1 saturated heterocycles. The topological polar surface area (TPSA) is 157 Å². The number of aromatic nitrogens is 3. The van der Waals surface area contributed by atoms with Gasteiger partial charge in [-0.3, -0.25) is 0 Å². The zero-order valence-electron chi connectivity index (χ0n) is 22.6. The molecule has 40 heavy (non-hydrogen) atoms.